The minimum Gasteiger partial charge on any atom is -0.489 e. The second-order valence-electron chi connectivity index (χ2n) is 7.47. The van der Waals surface area contributed by atoms with Gasteiger partial charge in [-0.2, -0.15) is 5.26 Å². The molecule has 0 saturated carbocycles. The molecule has 1 aliphatic heterocycles. The van der Waals surface area contributed by atoms with Gasteiger partial charge in [0.2, 0.25) is 5.88 Å². The van der Waals surface area contributed by atoms with Crippen molar-refractivity contribution in [1.29, 1.82) is 5.26 Å². The van der Waals surface area contributed by atoms with E-state index in [1.54, 1.807) is 0 Å². The van der Waals surface area contributed by atoms with Crippen molar-refractivity contribution in [2.45, 2.75) is 12.5 Å². The van der Waals surface area contributed by atoms with Gasteiger partial charge >= 0.3 is 0 Å². The summed E-state index contributed by atoms with van der Waals surface area (Å²) in [7, 11) is 0. The van der Waals surface area contributed by atoms with E-state index in [0.29, 0.717) is 17.9 Å². The fourth-order valence-corrected chi connectivity index (χ4v) is 4.03. The van der Waals surface area contributed by atoms with Gasteiger partial charge in [0.1, 0.15) is 29.7 Å². The third-order valence-electron chi connectivity index (χ3n) is 5.57. The minimum absolute atomic E-state index is 0.153. The molecule has 0 fully saturated rings. The Bertz CT molecular complexity index is 1320. The van der Waals surface area contributed by atoms with Crippen LogP contribution >= 0.6 is 0 Å². The average molecular weight is 404 g/mol. The number of nitriles is 1. The second-order valence-corrected chi connectivity index (χ2v) is 7.47. The van der Waals surface area contributed by atoms with Crippen molar-refractivity contribution in [3.05, 3.63) is 119 Å². The molecule has 0 aliphatic carbocycles. The van der Waals surface area contributed by atoms with Gasteiger partial charge in [-0.3, -0.25) is 0 Å². The lowest BCUT2D eigenvalue weighted by Gasteiger charge is -2.27. The number of hydrogen-bond donors (Lipinski definition) is 1. The quantitative estimate of drug-likeness (QED) is 0.478. The first-order valence-corrected chi connectivity index (χ1v) is 10.1. The third-order valence-corrected chi connectivity index (χ3v) is 5.57. The Kier molecular flexibility index (Phi) is 4.78. The van der Waals surface area contributed by atoms with E-state index in [4.69, 9.17) is 15.2 Å². The van der Waals surface area contributed by atoms with Crippen LogP contribution in [0.5, 0.6) is 11.5 Å². The standard InChI is InChI=1S/C27H20N2O2/c28-16-24-25(20-10-13-21(14-11-20)30-17-18-6-2-1-3-7-18)23-15-12-19-8-4-5-9-22(19)26(23)31-27(24)29/h1-15,25H,17,29H2/t25-/m1/s1. The molecule has 4 aromatic rings. The van der Waals surface area contributed by atoms with Crippen LogP contribution in [0.2, 0.25) is 0 Å². The van der Waals surface area contributed by atoms with E-state index in [1.165, 1.54) is 0 Å². The van der Waals surface area contributed by atoms with Crippen LogP contribution in [0.15, 0.2) is 102 Å². The normalized spacial score (nSPS) is 15.1. The van der Waals surface area contributed by atoms with Crippen molar-refractivity contribution in [2.75, 3.05) is 0 Å². The number of rotatable bonds is 4. The maximum atomic E-state index is 9.80. The van der Waals surface area contributed by atoms with Gasteiger partial charge < -0.3 is 15.2 Å². The molecule has 4 nitrogen and oxygen atoms in total. The van der Waals surface area contributed by atoms with E-state index in [2.05, 4.69) is 12.1 Å². The summed E-state index contributed by atoms with van der Waals surface area (Å²) >= 11 is 0. The highest BCUT2D eigenvalue weighted by Crippen LogP contribution is 2.45. The average Bonchev–Trinajstić information content (AvgIpc) is 2.83. The first kappa shape index (κ1) is 18.8. The molecule has 150 valence electrons. The van der Waals surface area contributed by atoms with Crippen LogP contribution in [0, 0.1) is 11.3 Å². The summed E-state index contributed by atoms with van der Waals surface area (Å²) in [6.07, 6.45) is 0. The van der Waals surface area contributed by atoms with Crippen molar-refractivity contribution in [3.8, 4) is 17.6 Å². The van der Waals surface area contributed by atoms with E-state index in [9.17, 15) is 5.26 Å². The molecular formula is C27H20N2O2. The molecule has 0 radical (unpaired) electrons. The summed E-state index contributed by atoms with van der Waals surface area (Å²) in [5.41, 5.74) is 9.60. The van der Waals surface area contributed by atoms with Gasteiger partial charge in [-0.25, -0.2) is 0 Å². The third kappa shape index (κ3) is 3.47. The highest BCUT2D eigenvalue weighted by molar-refractivity contribution is 5.90. The highest BCUT2D eigenvalue weighted by atomic mass is 16.5. The van der Waals surface area contributed by atoms with Gasteiger partial charge in [-0.05, 0) is 28.6 Å². The Morgan fingerprint density at radius 2 is 1.61 bits per heavy atom. The topological polar surface area (TPSA) is 68.3 Å². The lowest BCUT2D eigenvalue weighted by atomic mass is 9.82. The molecule has 2 N–H and O–H groups in total. The molecule has 0 amide bonds. The van der Waals surface area contributed by atoms with Gasteiger partial charge in [-0.1, -0.05) is 78.9 Å². The molecule has 4 aromatic carbocycles. The van der Waals surface area contributed by atoms with E-state index in [1.807, 2.05) is 84.9 Å². The van der Waals surface area contributed by atoms with E-state index in [0.717, 1.165) is 33.2 Å². The van der Waals surface area contributed by atoms with Crippen LogP contribution in [0.1, 0.15) is 22.6 Å². The van der Waals surface area contributed by atoms with Gasteiger partial charge in [0.15, 0.2) is 0 Å². The number of nitrogens with two attached hydrogens (primary N) is 1. The molecule has 0 unspecified atom stereocenters. The first-order valence-electron chi connectivity index (χ1n) is 10.1. The van der Waals surface area contributed by atoms with Crippen molar-refractivity contribution >= 4 is 10.8 Å². The molecule has 0 bridgehead atoms. The Labute approximate surface area is 180 Å². The maximum Gasteiger partial charge on any atom is 0.205 e. The molecule has 4 heteroatoms. The molecular weight excluding hydrogens is 384 g/mol. The molecule has 5 rings (SSSR count). The SMILES string of the molecule is N#CC1=C(N)Oc2c(ccc3ccccc23)[C@H]1c1ccc(OCc2ccccc2)cc1. The van der Waals surface area contributed by atoms with Crippen molar-refractivity contribution in [1.82, 2.24) is 0 Å². The first-order chi connectivity index (χ1) is 15.2. The number of allylic oxidation sites excluding steroid dienone is 1. The van der Waals surface area contributed by atoms with E-state index >= 15 is 0 Å². The van der Waals surface area contributed by atoms with Crippen LogP contribution in [0.3, 0.4) is 0 Å². The summed E-state index contributed by atoms with van der Waals surface area (Å²) in [5.74, 6) is 1.35. The monoisotopic (exact) mass is 404 g/mol. The zero-order chi connectivity index (χ0) is 21.2. The van der Waals surface area contributed by atoms with Crippen LogP contribution in [-0.4, -0.2) is 0 Å². The molecule has 1 heterocycles. The molecule has 0 aromatic heterocycles. The van der Waals surface area contributed by atoms with Crippen molar-refractivity contribution in [2.24, 2.45) is 5.73 Å². The van der Waals surface area contributed by atoms with Gasteiger partial charge in [0.05, 0.1) is 5.92 Å². The Morgan fingerprint density at radius 3 is 2.39 bits per heavy atom. The summed E-state index contributed by atoms with van der Waals surface area (Å²) < 4.78 is 11.8. The second kappa shape index (κ2) is 7.89. The molecule has 0 saturated heterocycles. The summed E-state index contributed by atoms with van der Waals surface area (Å²) in [6.45, 7) is 0.503. The van der Waals surface area contributed by atoms with Crippen LogP contribution in [0.4, 0.5) is 0 Å². The number of hydrogen-bond acceptors (Lipinski definition) is 4. The number of nitrogens with zero attached hydrogens (tertiary/aromatic N) is 1. The Balaban J connectivity index is 1.50. The van der Waals surface area contributed by atoms with Crippen LogP contribution in [0.25, 0.3) is 10.8 Å². The summed E-state index contributed by atoms with van der Waals surface area (Å²) in [5, 5.41) is 11.9. The molecule has 1 atom stereocenters. The fraction of sp³-hybridized carbons (Fsp3) is 0.0741. The minimum atomic E-state index is -0.290. The van der Waals surface area contributed by atoms with Gasteiger partial charge in [0, 0.05) is 10.9 Å². The van der Waals surface area contributed by atoms with E-state index in [-0.39, 0.29) is 11.8 Å². The lowest BCUT2D eigenvalue weighted by molar-refractivity contribution is 0.306. The van der Waals surface area contributed by atoms with Gasteiger partial charge in [0.25, 0.3) is 0 Å². The van der Waals surface area contributed by atoms with E-state index < -0.39 is 0 Å². The fourth-order valence-electron chi connectivity index (χ4n) is 4.03. The number of fused-ring (bicyclic) bond motifs is 3. The van der Waals surface area contributed by atoms with Crippen molar-refractivity contribution < 1.29 is 9.47 Å². The highest BCUT2D eigenvalue weighted by Gasteiger charge is 2.31. The van der Waals surface area contributed by atoms with Gasteiger partial charge in [-0.15, -0.1) is 0 Å². The number of ether oxygens (including phenoxy) is 2. The van der Waals surface area contributed by atoms with Crippen LogP contribution < -0.4 is 15.2 Å². The smallest absolute Gasteiger partial charge is 0.205 e. The predicted molar refractivity (Wildman–Crippen MR) is 120 cm³/mol. The zero-order valence-electron chi connectivity index (χ0n) is 16.8. The maximum absolute atomic E-state index is 9.80. The summed E-state index contributed by atoms with van der Waals surface area (Å²) in [4.78, 5) is 0. The van der Waals surface area contributed by atoms with Crippen LogP contribution in [-0.2, 0) is 6.61 Å². The Hall–Kier alpha value is -4.23. The Morgan fingerprint density at radius 1 is 0.871 bits per heavy atom. The zero-order valence-corrected chi connectivity index (χ0v) is 16.8. The summed E-state index contributed by atoms with van der Waals surface area (Å²) in [6, 6.07) is 32.2. The van der Waals surface area contributed by atoms with Crippen molar-refractivity contribution in [3.63, 3.8) is 0 Å². The largest absolute Gasteiger partial charge is 0.489 e. The molecule has 1 aliphatic rings. The molecule has 0 spiro atoms. The lowest BCUT2D eigenvalue weighted by Crippen LogP contribution is -2.21. The molecule has 31 heavy (non-hydrogen) atoms. The predicted octanol–water partition coefficient (Wildman–Crippen LogP) is 5.64. The number of benzene rings is 4.